The number of carbonyl (C=O) groups is 1. The van der Waals surface area contributed by atoms with Crippen LogP contribution in [0.25, 0.3) is 0 Å². The monoisotopic (exact) mass is 211 g/mol. The standard InChI is InChI=1S/C12H21NO2/c1-5-7-11(6-2)13-12(14)9-8-10(3)15-4/h2,10-11H,5,7-9H2,1,3-4H3,(H,13,14). The Morgan fingerprint density at radius 1 is 1.53 bits per heavy atom. The lowest BCUT2D eigenvalue weighted by molar-refractivity contribution is -0.122. The van der Waals surface area contributed by atoms with Crippen molar-refractivity contribution in [2.24, 2.45) is 0 Å². The smallest absolute Gasteiger partial charge is 0.221 e. The van der Waals surface area contributed by atoms with Crippen LogP contribution in [0.1, 0.15) is 39.5 Å². The van der Waals surface area contributed by atoms with Crippen molar-refractivity contribution in [1.29, 1.82) is 0 Å². The Kier molecular flexibility index (Phi) is 7.75. The Morgan fingerprint density at radius 2 is 2.20 bits per heavy atom. The van der Waals surface area contributed by atoms with Crippen molar-refractivity contribution in [2.75, 3.05) is 7.11 Å². The summed E-state index contributed by atoms with van der Waals surface area (Å²) in [6.45, 7) is 3.99. The van der Waals surface area contributed by atoms with Gasteiger partial charge in [0.1, 0.15) is 0 Å². The molecule has 0 bridgehead atoms. The van der Waals surface area contributed by atoms with Crippen LogP contribution in [-0.2, 0) is 9.53 Å². The second kappa shape index (κ2) is 8.31. The van der Waals surface area contributed by atoms with Crippen LogP contribution in [0.4, 0.5) is 0 Å². The molecule has 0 aromatic rings. The van der Waals surface area contributed by atoms with Crippen LogP contribution >= 0.6 is 0 Å². The minimum Gasteiger partial charge on any atom is -0.382 e. The van der Waals surface area contributed by atoms with Gasteiger partial charge in [-0.25, -0.2) is 0 Å². The van der Waals surface area contributed by atoms with E-state index in [4.69, 9.17) is 11.2 Å². The number of amides is 1. The summed E-state index contributed by atoms with van der Waals surface area (Å²) in [6, 6.07) is -0.125. The molecular formula is C12H21NO2. The van der Waals surface area contributed by atoms with Gasteiger partial charge in [-0.15, -0.1) is 6.42 Å². The molecule has 0 aromatic heterocycles. The minimum atomic E-state index is -0.125. The van der Waals surface area contributed by atoms with E-state index in [1.54, 1.807) is 7.11 Å². The molecule has 1 amide bonds. The van der Waals surface area contributed by atoms with Crippen LogP contribution in [-0.4, -0.2) is 25.2 Å². The van der Waals surface area contributed by atoms with Crippen molar-refractivity contribution >= 4 is 5.91 Å². The van der Waals surface area contributed by atoms with Crippen LogP contribution in [0.5, 0.6) is 0 Å². The Labute approximate surface area is 92.6 Å². The van der Waals surface area contributed by atoms with Gasteiger partial charge in [-0.1, -0.05) is 19.3 Å². The summed E-state index contributed by atoms with van der Waals surface area (Å²) in [6.07, 6.45) is 8.42. The van der Waals surface area contributed by atoms with Gasteiger partial charge in [-0.3, -0.25) is 4.79 Å². The summed E-state index contributed by atoms with van der Waals surface area (Å²) in [4.78, 5) is 11.4. The van der Waals surface area contributed by atoms with Crippen molar-refractivity contribution in [3.05, 3.63) is 0 Å². The van der Waals surface area contributed by atoms with Crippen molar-refractivity contribution < 1.29 is 9.53 Å². The van der Waals surface area contributed by atoms with Gasteiger partial charge >= 0.3 is 0 Å². The molecule has 2 atom stereocenters. The van der Waals surface area contributed by atoms with Gasteiger partial charge < -0.3 is 10.1 Å². The molecule has 0 rings (SSSR count). The second-order valence-electron chi connectivity index (χ2n) is 3.66. The molecule has 0 heterocycles. The number of hydrogen-bond acceptors (Lipinski definition) is 2. The number of carbonyl (C=O) groups excluding carboxylic acids is 1. The van der Waals surface area contributed by atoms with Crippen molar-refractivity contribution in [2.45, 2.75) is 51.7 Å². The molecule has 15 heavy (non-hydrogen) atoms. The Morgan fingerprint density at radius 3 is 2.67 bits per heavy atom. The summed E-state index contributed by atoms with van der Waals surface area (Å²) in [5, 5.41) is 2.82. The van der Waals surface area contributed by atoms with E-state index >= 15 is 0 Å². The van der Waals surface area contributed by atoms with Crippen LogP contribution in [0.2, 0.25) is 0 Å². The summed E-state index contributed by atoms with van der Waals surface area (Å²) in [5.41, 5.74) is 0. The molecule has 0 aliphatic rings. The molecule has 3 nitrogen and oxygen atoms in total. The molecule has 0 saturated heterocycles. The molecule has 3 heteroatoms. The zero-order valence-electron chi connectivity index (χ0n) is 9.88. The molecule has 0 fully saturated rings. The third kappa shape index (κ3) is 6.98. The van der Waals surface area contributed by atoms with Crippen LogP contribution in [0.3, 0.4) is 0 Å². The van der Waals surface area contributed by atoms with Gasteiger partial charge in [-0.2, -0.15) is 0 Å². The number of rotatable bonds is 7. The van der Waals surface area contributed by atoms with E-state index in [0.717, 1.165) is 19.3 Å². The van der Waals surface area contributed by atoms with Gasteiger partial charge in [0.05, 0.1) is 12.1 Å². The summed E-state index contributed by atoms with van der Waals surface area (Å²) in [5.74, 6) is 2.58. The first kappa shape index (κ1) is 14.0. The average molecular weight is 211 g/mol. The molecule has 0 radical (unpaired) electrons. The predicted molar refractivity (Wildman–Crippen MR) is 61.4 cm³/mol. The fraction of sp³-hybridized carbons (Fsp3) is 0.750. The lowest BCUT2D eigenvalue weighted by Gasteiger charge is -2.13. The van der Waals surface area contributed by atoms with Crippen molar-refractivity contribution in [1.82, 2.24) is 5.32 Å². The van der Waals surface area contributed by atoms with E-state index in [-0.39, 0.29) is 18.1 Å². The van der Waals surface area contributed by atoms with E-state index in [1.807, 2.05) is 13.8 Å². The largest absolute Gasteiger partial charge is 0.382 e. The topological polar surface area (TPSA) is 38.3 Å². The predicted octanol–water partition coefficient (Wildman–Crippen LogP) is 1.72. The van der Waals surface area contributed by atoms with Crippen molar-refractivity contribution in [3.63, 3.8) is 0 Å². The quantitative estimate of drug-likeness (QED) is 0.651. The van der Waals surface area contributed by atoms with Crippen LogP contribution in [0, 0.1) is 12.3 Å². The van der Waals surface area contributed by atoms with E-state index in [2.05, 4.69) is 11.2 Å². The van der Waals surface area contributed by atoms with Gasteiger partial charge in [0, 0.05) is 13.5 Å². The first-order valence-corrected chi connectivity index (χ1v) is 5.42. The zero-order valence-corrected chi connectivity index (χ0v) is 9.88. The molecule has 0 spiro atoms. The lowest BCUT2D eigenvalue weighted by atomic mass is 10.1. The third-order valence-corrected chi connectivity index (χ3v) is 2.29. The Bertz CT molecular complexity index is 220. The maximum absolute atomic E-state index is 11.4. The highest BCUT2D eigenvalue weighted by molar-refractivity contribution is 5.76. The van der Waals surface area contributed by atoms with Crippen molar-refractivity contribution in [3.8, 4) is 12.3 Å². The highest BCUT2D eigenvalue weighted by atomic mass is 16.5. The van der Waals surface area contributed by atoms with Gasteiger partial charge in [0.2, 0.25) is 5.91 Å². The number of nitrogens with one attached hydrogen (secondary N) is 1. The second-order valence-corrected chi connectivity index (χ2v) is 3.66. The maximum atomic E-state index is 11.4. The first-order valence-electron chi connectivity index (χ1n) is 5.42. The first-order chi connectivity index (χ1) is 7.13. The molecule has 0 aliphatic carbocycles. The molecule has 2 unspecified atom stereocenters. The fourth-order valence-corrected chi connectivity index (χ4v) is 1.20. The average Bonchev–Trinajstić information content (AvgIpc) is 2.25. The zero-order chi connectivity index (χ0) is 11.7. The molecule has 86 valence electrons. The van der Waals surface area contributed by atoms with E-state index < -0.39 is 0 Å². The Balaban J connectivity index is 3.77. The Hall–Kier alpha value is -1.01. The third-order valence-electron chi connectivity index (χ3n) is 2.29. The number of terminal acetylenes is 1. The number of ether oxygens (including phenoxy) is 1. The number of hydrogen-bond donors (Lipinski definition) is 1. The molecule has 0 aromatic carbocycles. The fourth-order valence-electron chi connectivity index (χ4n) is 1.20. The molecule has 1 N–H and O–H groups in total. The summed E-state index contributed by atoms with van der Waals surface area (Å²) >= 11 is 0. The summed E-state index contributed by atoms with van der Waals surface area (Å²) in [7, 11) is 1.64. The highest BCUT2D eigenvalue weighted by Crippen LogP contribution is 2.01. The highest BCUT2D eigenvalue weighted by Gasteiger charge is 2.09. The van der Waals surface area contributed by atoms with E-state index in [0.29, 0.717) is 6.42 Å². The number of methoxy groups -OCH3 is 1. The van der Waals surface area contributed by atoms with Gasteiger partial charge in [0.15, 0.2) is 0 Å². The molecule has 0 saturated carbocycles. The van der Waals surface area contributed by atoms with Crippen LogP contribution in [0.15, 0.2) is 0 Å². The van der Waals surface area contributed by atoms with E-state index in [1.165, 1.54) is 0 Å². The molecular weight excluding hydrogens is 190 g/mol. The van der Waals surface area contributed by atoms with E-state index in [9.17, 15) is 4.79 Å². The maximum Gasteiger partial charge on any atom is 0.221 e. The lowest BCUT2D eigenvalue weighted by Crippen LogP contribution is -2.33. The summed E-state index contributed by atoms with van der Waals surface area (Å²) < 4.78 is 5.06. The van der Waals surface area contributed by atoms with Gasteiger partial charge in [-0.05, 0) is 19.8 Å². The normalized spacial score (nSPS) is 14.0. The SMILES string of the molecule is C#CC(CCC)NC(=O)CCC(C)OC. The molecule has 0 aliphatic heterocycles. The minimum absolute atomic E-state index is 0.00954. The van der Waals surface area contributed by atoms with Crippen LogP contribution < -0.4 is 5.32 Å². The van der Waals surface area contributed by atoms with Gasteiger partial charge in [0.25, 0.3) is 0 Å².